The van der Waals surface area contributed by atoms with Gasteiger partial charge in [-0.15, -0.1) is 0 Å². The summed E-state index contributed by atoms with van der Waals surface area (Å²) in [6.45, 7) is 1.81. The van der Waals surface area contributed by atoms with Crippen LogP contribution in [-0.2, 0) is 4.74 Å². The first-order valence-corrected chi connectivity index (χ1v) is 6.15. The number of rotatable bonds is 2. The maximum atomic E-state index is 11.6. The third kappa shape index (κ3) is 2.36. The predicted molar refractivity (Wildman–Crippen MR) is 72.9 cm³/mol. The van der Waals surface area contributed by atoms with E-state index in [0.717, 1.165) is 9.13 Å². The second-order valence-electron chi connectivity index (χ2n) is 3.57. The zero-order valence-electron chi connectivity index (χ0n) is 9.49. The minimum atomic E-state index is -0.378. The smallest absolute Gasteiger partial charge is 0.341 e. The fraction of sp³-hybridized carbons (Fsp3) is 0.154. The van der Waals surface area contributed by atoms with Gasteiger partial charge in [0.15, 0.2) is 0 Å². The Hall–Kier alpha value is -1.30. The first kappa shape index (κ1) is 12.2. The zero-order chi connectivity index (χ0) is 12.4. The Morgan fingerprint density at radius 1 is 1.35 bits per heavy atom. The minimum absolute atomic E-state index is 0.378. The summed E-state index contributed by atoms with van der Waals surface area (Å²) in [6, 6.07) is 9.45. The summed E-state index contributed by atoms with van der Waals surface area (Å²) in [5, 5.41) is 0. The van der Waals surface area contributed by atoms with Crippen LogP contribution in [0.1, 0.15) is 16.1 Å². The van der Waals surface area contributed by atoms with Crippen molar-refractivity contribution >= 4 is 28.6 Å². The Morgan fingerprint density at radius 2 is 2.06 bits per heavy atom. The Balaban J connectivity index is 2.60. The quantitative estimate of drug-likeness (QED) is 0.618. The topological polar surface area (TPSA) is 39.4 Å². The normalized spacial score (nSPS) is 10.3. The molecule has 0 aliphatic heterocycles. The molecule has 0 saturated heterocycles. The molecule has 0 atom stereocenters. The molecule has 2 aromatic rings. The first-order valence-electron chi connectivity index (χ1n) is 5.07. The highest BCUT2D eigenvalue weighted by molar-refractivity contribution is 14.1. The van der Waals surface area contributed by atoms with Gasteiger partial charge in [0, 0.05) is 9.13 Å². The molecule has 0 saturated carbocycles. The Morgan fingerprint density at radius 3 is 2.71 bits per heavy atom. The summed E-state index contributed by atoms with van der Waals surface area (Å²) in [6.07, 6.45) is 0. The maximum Gasteiger partial charge on any atom is 0.341 e. The van der Waals surface area contributed by atoms with E-state index >= 15 is 0 Å². The van der Waals surface area contributed by atoms with Gasteiger partial charge in [0.05, 0.1) is 7.11 Å². The van der Waals surface area contributed by atoms with Crippen LogP contribution in [0.25, 0.3) is 11.3 Å². The summed E-state index contributed by atoms with van der Waals surface area (Å²) >= 11 is 2.21. The van der Waals surface area contributed by atoms with Gasteiger partial charge in [-0.3, -0.25) is 0 Å². The number of furan rings is 1. The summed E-state index contributed by atoms with van der Waals surface area (Å²) in [5.74, 6) is 0.885. The summed E-state index contributed by atoms with van der Waals surface area (Å²) in [5.41, 5.74) is 1.37. The lowest BCUT2D eigenvalue weighted by Crippen LogP contribution is -2.01. The van der Waals surface area contributed by atoms with Gasteiger partial charge in [-0.1, -0.05) is 18.2 Å². The van der Waals surface area contributed by atoms with E-state index in [1.807, 2.05) is 31.2 Å². The van der Waals surface area contributed by atoms with Crippen molar-refractivity contribution in [3.05, 3.63) is 45.2 Å². The molecule has 1 aromatic carbocycles. The number of aryl methyl sites for hydroxylation is 1. The fourth-order valence-corrected chi connectivity index (χ4v) is 2.25. The van der Waals surface area contributed by atoms with Gasteiger partial charge in [-0.05, 0) is 41.6 Å². The minimum Gasteiger partial charge on any atom is -0.465 e. The van der Waals surface area contributed by atoms with Crippen LogP contribution in [-0.4, -0.2) is 13.1 Å². The number of esters is 1. The van der Waals surface area contributed by atoms with Crippen molar-refractivity contribution in [1.29, 1.82) is 0 Å². The number of halogens is 1. The van der Waals surface area contributed by atoms with E-state index in [9.17, 15) is 4.79 Å². The summed E-state index contributed by atoms with van der Waals surface area (Å²) < 4.78 is 11.4. The van der Waals surface area contributed by atoms with Gasteiger partial charge in [0.1, 0.15) is 17.1 Å². The first-order chi connectivity index (χ1) is 8.13. The van der Waals surface area contributed by atoms with Crippen LogP contribution in [0.4, 0.5) is 0 Å². The van der Waals surface area contributed by atoms with E-state index in [4.69, 9.17) is 9.15 Å². The second-order valence-corrected chi connectivity index (χ2v) is 4.73. The largest absolute Gasteiger partial charge is 0.465 e. The maximum absolute atomic E-state index is 11.6. The average Bonchev–Trinajstić information content (AvgIpc) is 2.71. The molecule has 0 spiro atoms. The number of hydrogen-bond donors (Lipinski definition) is 0. The second kappa shape index (κ2) is 4.91. The van der Waals surface area contributed by atoms with Crippen molar-refractivity contribution in [2.24, 2.45) is 0 Å². The van der Waals surface area contributed by atoms with E-state index in [1.54, 1.807) is 6.07 Å². The number of carbonyl (C=O) groups excluding carboxylic acids is 1. The van der Waals surface area contributed by atoms with Crippen molar-refractivity contribution < 1.29 is 13.9 Å². The molecule has 17 heavy (non-hydrogen) atoms. The molecule has 1 aromatic heterocycles. The van der Waals surface area contributed by atoms with Crippen molar-refractivity contribution in [2.75, 3.05) is 7.11 Å². The fourth-order valence-electron chi connectivity index (χ4n) is 1.62. The molecule has 0 aliphatic carbocycles. The van der Waals surface area contributed by atoms with E-state index in [1.165, 1.54) is 7.11 Å². The Labute approximate surface area is 113 Å². The molecule has 0 N–H and O–H groups in total. The van der Waals surface area contributed by atoms with Crippen LogP contribution in [0.15, 0.2) is 34.7 Å². The monoisotopic (exact) mass is 342 g/mol. The van der Waals surface area contributed by atoms with Crippen LogP contribution in [0.3, 0.4) is 0 Å². The van der Waals surface area contributed by atoms with Crippen molar-refractivity contribution in [1.82, 2.24) is 0 Å². The van der Waals surface area contributed by atoms with E-state index < -0.39 is 0 Å². The molecule has 0 radical (unpaired) electrons. The molecule has 88 valence electrons. The highest BCUT2D eigenvalue weighted by Gasteiger charge is 2.19. The zero-order valence-corrected chi connectivity index (χ0v) is 11.6. The SMILES string of the molecule is COC(=O)c1cc(C)oc1-c1ccccc1I. The molecule has 3 nitrogen and oxygen atoms in total. The molecule has 0 unspecified atom stereocenters. The molecular weight excluding hydrogens is 331 g/mol. The third-order valence-electron chi connectivity index (χ3n) is 2.38. The van der Waals surface area contributed by atoms with Crippen LogP contribution in [0, 0.1) is 10.5 Å². The Bertz CT molecular complexity index is 558. The third-order valence-corrected chi connectivity index (χ3v) is 3.32. The average molecular weight is 342 g/mol. The molecule has 0 aliphatic rings. The predicted octanol–water partition coefficient (Wildman–Crippen LogP) is 3.65. The van der Waals surface area contributed by atoms with Crippen LogP contribution >= 0.6 is 22.6 Å². The Kier molecular flexibility index (Phi) is 3.51. The van der Waals surface area contributed by atoms with Gasteiger partial charge >= 0.3 is 5.97 Å². The van der Waals surface area contributed by atoms with E-state index in [2.05, 4.69) is 22.6 Å². The molecule has 1 heterocycles. The molecule has 2 rings (SSSR count). The van der Waals surface area contributed by atoms with Crippen molar-refractivity contribution in [3.63, 3.8) is 0 Å². The lowest BCUT2D eigenvalue weighted by Gasteiger charge is -2.03. The lowest BCUT2D eigenvalue weighted by atomic mass is 10.1. The van der Waals surface area contributed by atoms with Crippen LogP contribution in [0.5, 0.6) is 0 Å². The number of ether oxygens (including phenoxy) is 1. The molecule has 0 amide bonds. The van der Waals surface area contributed by atoms with Crippen molar-refractivity contribution in [3.8, 4) is 11.3 Å². The van der Waals surface area contributed by atoms with Gasteiger partial charge in [-0.25, -0.2) is 4.79 Å². The van der Waals surface area contributed by atoms with Gasteiger partial charge < -0.3 is 9.15 Å². The van der Waals surface area contributed by atoms with E-state index in [-0.39, 0.29) is 5.97 Å². The number of carbonyl (C=O) groups is 1. The number of hydrogen-bond acceptors (Lipinski definition) is 3. The standard InChI is InChI=1S/C13H11IO3/c1-8-7-10(13(15)16-2)12(17-8)9-5-3-4-6-11(9)14/h3-7H,1-2H3. The van der Waals surface area contributed by atoms with Gasteiger partial charge in [0.25, 0.3) is 0 Å². The van der Waals surface area contributed by atoms with E-state index in [0.29, 0.717) is 17.1 Å². The van der Waals surface area contributed by atoms with Gasteiger partial charge in [0.2, 0.25) is 0 Å². The van der Waals surface area contributed by atoms with Crippen molar-refractivity contribution in [2.45, 2.75) is 6.92 Å². The summed E-state index contributed by atoms with van der Waals surface area (Å²) in [7, 11) is 1.37. The lowest BCUT2D eigenvalue weighted by molar-refractivity contribution is 0.0601. The number of benzene rings is 1. The highest BCUT2D eigenvalue weighted by Crippen LogP contribution is 2.31. The molecule has 0 fully saturated rings. The van der Waals surface area contributed by atoms with Crippen LogP contribution < -0.4 is 0 Å². The molecule has 4 heteroatoms. The van der Waals surface area contributed by atoms with Gasteiger partial charge in [-0.2, -0.15) is 0 Å². The highest BCUT2D eigenvalue weighted by atomic mass is 127. The number of methoxy groups -OCH3 is 1. The molecular formula is C13H11IO3. The van der Waals surface area contributed by atoms with Crippen LogP contribution in [0.2, 0.25) is 0 Å². The summed E-state index contributed by atoms with van der Waals surface area (Å²) in [4.78, 5) is 11.6. The molecule has 0 bridgehead atoms.